The predicted molar refractivity (Wildman–Crippen MR) is 65.4 cm³/mol. The highest BCUT2D eigenvalue weighted by Crippen LogP contribution is 2.20. The molecule has 1 aromatic carbocycles. The SMILES string of the molecule is COCC(N)C(=O)N1CCc2ccc(F)cc2C1. The van der Waals surface area contributed by atoms with E-state index in [9.17, 15) is 9.18 Å². The van der Waals surface area contributed by atoms with Gasteiger partial charge in [0.25, 0.3) is 0 Å². The smallest absolute Gasteiger partial charge is 0.242 e. The topological polar surface area (TPSA) is 55.6 Å². The average molecular weight is 252 g/mol. The van der Waals surface area contributed by atoms with E-state index in [-0.39, 0.29) is 18.3 Å². The lowest BCUT2D eigenvalue weighted by Crippen LogP contribution is -2.47. The molecule has 0 aromatic heterocycles. The van der Waals surface area contributed by atoms with E-state index < -0.39 is 6.04 Å². The summed E-state index contributed by atoms with van der Waals surface area (Å²) in [6.45, 7) is 1.24. The monoisotopic (exact) mass is 252 g/mol. The van der Waals surface area contributed by atoms with E-state index in [0.29, 0.717) is 13.1 Å². The number of ether oxygens (including phenoxy) is 1. The highest BCUT2D eigenvalue weighted by Gasteiger charge is 2.25. The van der Waals surface area contributed by atoms with Crippen LogP contribution in [0.25, 0.3) is 0 Å². The number of benzene rings is 1. The van der Waals surface area contributed by atoms with Crippen molar-refractivity contribution in [1.82, 2.24) is 4.90 Å². The van der Waals surface area contributed by atoms with Crippen LogP contribution >= 0.6 is 0 Å². The number of nitrogens with two attached hydrogens (primary N) is 1. The van der Waals surface area contributed by atoms with Crippen molar-refractivity contribution in [2.24, 2.45) is 5.73 Å². The summed E-state index contributed by atoms with van der Waals surface area (Å²) in [4.78, 5) is 13.7. The van der Waals surface area contributed by atoms with Crippen molar-refractivity contribution in [3.05, 3.63) is 35.1 Å². The van der Waals surface area contributed by atoms with Gasteiger partial charge in [0.05, 0.1) is 6.61 Å². The van der Waals surface area contributed by atoms with Gasteiger partial charge in [-0.25, -0.2) is 4.39 Å². The minimum absolute atomic E-state index is 0.147. The van der Waals surface area contributed by atoms with Crippen LogP contribution in [0.3, 0.4) is 0 Å². The Morgan fingerprint density at radius 1 is 1.56 bits per heavy atom. The van der Waals surface area contributed by atoms with Crippen LogP contribution in [0.2, 0.25) is 0 Å². The molecule has 0 bridgehead atoms. The zero-order chi connectivity index (χ0) is 13.1. The van der Waals surface area contributed by atoms with Crippen molar-refractivity contribution < 1.29 is 13.9 Å². The molecule has 98 valence electrons. The summed E-state index contributed by atoms with van der Waals surface area (Å²) < 4.78 is 18.0. The fourth-order valence-electron chi connectivity index (χ4n) is 2.20. The number of methoxy groups -OCH3 is 1. The lowest BCUT2D eigenvalue weighted by atomic mass is 9.99. The number of halogens is 1. The first-order chi connectivity index (χ1) is 8.61. The summed E-state index contributed by atoms with van der Waals surface area (Å²) in [5, 5.41) is 0. The van der Waals surface area contributed by atoms with Gasteiger partial charge in [-0.05, 0) is 29.7 Å². The second-order valence-electron chi connectivity index (χ2n) is 4.48. The maximum atomic E-state index is 13.2. The first kappa shape index (κ1) is 13.0. The summed E-state index contributed by atoms with van der Waals surface area (Å²) in [6.07, 6.45) is 0.737. The number of hydrogen-bond acceptors (Lipinski definition) is 3. The van der Waals surface area contributed by atoms with E-state index in [2.05, 4.69) is 0 Å². The van der Waals surface area contributed by atoms with Crippen LogP contribution < -0.4 is 5.73 Å². The van der Waals surface area contributed by atoms with Crippen LogP contribution in [0, 0.1) is 5.82 Å². The van der Waals surface area contributed by atoms with Crippen molar-refractivity contribution in [2.45, 2.75) is 19.0 Å². The average Bonchev–Trinajstić information content (AvgIpc) is 2.37. The maximum Gasteiger partial charge on any atom is 0.242 e. The largest absolute Gasteiger partial charge is 0.383 e. The number of carbonyl (C=O) groups is 1. The van der Waals surface area contributed by atoms with E-state index >= 15 is 0 Å². The molecule has 1 aliphatic heterocycles. The van der Waals surface area contributed by atoms with Gasteiger partial charge >= 0.3 is 0 Å². The molecule has 1 atom stereocenters. The Labute approximate surface area is 106 Å². The van der Waals surface area contributed by atoms with Gasteiger partial charge in [-0.3, -0.25) is 4.79 Å². The normalized spacial score (nSPS) is 16.3. The molecular formula is C13H17FN2O2. The van der Waals surface area contributed by atoms with Crippen LogP contribution in [-0.4, -0.2) is 37.1 Å². The van der Waals surface area contributed by atoms with E-state index in [1.807, 2.05) is 0 Å². The van der Waals surface area contributed by atoms with Gasteiger partial charge < -0.3 is 15.4 Å². The maximum absolute atomic E-state index is 13.2. The molecule has 0 spiro atoms. The highest BCUT2D eigenvalue weighted by molar-refractivity contribution is 5.82. The van der Waals surface area contributed by atoms with Crippen LogP contribution in [-0.2, 0) is 22.5 Å². The van der Waals surface area contributed by atoms with Crippen LogP contribution in [0.5, 0.6) is 0 Å². The Balaban J connectivity index is 2.09. The lowest BCUT2D eigenvalue weighted by molar-refractivity contribution is -0.134. The summed E-state index contributed by atoms with van der Waals surface area (Å²) >= 11 is 0. The van der Waals surface area contributed by atoms with Gasteiger partial charge in [-0.1, -0.05) is 6.07 Å². The molecule has 0 saturated heterocycles. The lowest BCUT2D eigenvalue weighted by Gasteiger charge is -2.30. The zero-order valence-electron chi connectivity index (χ0n) is 10.4. The van der Waals surface area contributed by atoms with Gasteiger partial charge in [-0.15, -0.1) is 0 Å². The Morgan fingerprint density at radius 2 is 2.33 bits per heavy atom. The summed E-state index contributed by atoms with van der Waals surface area (Å²) in [7, 11) is 1.51. The number of nitrogens with zero attached hydrogens (tertiary/aromatic N) is 1. The molecule has 1 heterocycles. The van der Waals surface area contributed by atoms with Crippen molar-refractivity contribution >= 4 is 5.91 Å². The first-order valence-corrected chi connectivity index (χ1v) is 5.92. The Morgan fingerprint density at radius 3 is 3.06 bits per heavy atom. The third-order valence-electron chi connectivity index (χ3n) is 3.16. The summed E-state index contributed by atoms with van der Waals surface area (Å²) in [6, 6.07) is 4.07. The molecule has 0 saturated carbocycles. The van der Waals surface area contributed by atoms with Crippen LogP contribution in [0.15, 0.2) is 18.2 Å². The number of fused-ring (bicyclic) bond motifs is 1. The van der Waals surface area contributed by atoms with E-state index in [4.69, 9.17) is 10.5 Å². The van der Waals surface area contributed by atoms with Gasteiger partial charge in [0, 0.05) is 20.2 Å². The molecular weight excluding hydrogens is 235 g/mol. The molecule has 1 aliphatic rings. The number of rotatable bonds is 3. The fraction of sp³-hybridized carbons (Fsp3) is 0.462. The number of hydrogen-bond donors (Lipinski definition) is 1. The molecule has 18 heavy (non-hydrogen) atoms. The molecule has 2 rings (SSSR count). The Hall–Kier alpha value is -1.46. The molecule has 2 N–H and O–H groups in total. The Bertz CT molecular complexity index is 451. The molecule has 1 amide bonds. The van der Waals surface area contributed by atoms with Gasteiger partial charge in [0.2, 0.25) is 5.91 Å². The van der Waals surface area contributed by atoms with Crippen molar-refractivity contribution in [3.63, 3.8) is 0 Å². The van der Waals surface area contributed by atoms with Crippen molar-refractivity contribution in [3.8, 4) is 0 Å². The fourth-order valence-corrected chi connectivity index (χ4v) is 2.20. The minimum Gasteiger partial charge on any atom is -0.383 e. The zero-order valence-corrected chi connectivity index (χ0v) is 10.4. The summed E-state index contributed by atoms with van der Waals surface area (Å²) in [5.74, 6) is -0.420. The van der Waals surface area contributed by atoms with Gasteiger partial charge in [0.1, 0.15) is 11.9 Å². The standard InChI is InChI=1S/C13H17FN2O2/c1-18-8-12(15)13(17)16-5-4-9-2-3-11(14)6-10(9)7-16/h2-3,6,12H,4-5,7-8,15H2,1H3. The molecule has 5 heteroatoms. The molecule has 0 aliphatic carbocycles. The minimum atomic E-state index is -0.648. The second kappa shape index (κ2) is 5.46. The molecule has 0 radical (unpaired) electrons. The predicted octanol–water partition coefficient (Wildman–Crippen LogP) is 0.684. The molecule has 1 aromatic rings. The quantitative estimate of drug-likeness (QED) is 0.861. The third kappa shape index (κ3) is 2.68. The number of carbonyl (C=O) groups excluding carboxylic acids is 1. The van der Waals surface area contributed by atoms with E-state index in [1.54, 1.807) is 11.0 Å². The van der Waals surface area contributed by atoms with E-state index in [0.717, 1.165) is 17.5 Å². The summed E-state index contributed by atoms with van der Waals surface area (Å²) in [5.41, 5.74) is 7.68. The molecule has 4 nitrogen and oxygen atoms in total. The van der Waals surface area contributed by atoms with Crippen molar-refractivity contribution in [2.75, 3.05) is 20.3 Å². The van der Waals surface area contributed by atoms with Crippen molar-refractivity contribution in [1.29, 1.82) is 0 Å². The Kier molecular flexibility index (Phi) is 3.93. The van der Waals surface area contributed by atoms with Crippen LogP contribution in [0.4, 0.5) is 4.39 Å². The second-order valence-corrected chi connectivity index (χ2v) is 4.48. The third-order valence-corrected chi connectivity index (χ3v) is 3.16. The van der Waals surface area contributed by atoms with Crippen LogP contribution in [0.1, 0.15) is 11.1 Å². The molecule has 1 unspecified atom stereocenters. The first-order valence-electron chi connectivity index (χ1n) is 5.92. The van der Waals surface area contributed by atoms with Gasteiger partial charge in [-0.2, -0.15) is 0 Å². The number of amides is 1. The van der Waals surface area contributed by atoms with E-state index in [1.165, 1.54) is 19.2 Å². The van der Waals surface area contributed by atoms with Gasteiger partial charge in [0.15, 0.2) is 0 Å². The molecule has 0 fully saturated rings. The highest BCUT2D eigenvalue weighted by atomic mass is 19.1.